The monoisotopic (exact) mass is 467 g/mol. The molecule has 0 saturated carbocycles. The molecule has 8 heteroatoms. The molecule has 174 valence electrons. The third-order valence-corrected chi connectivity index (χ3v) is 7.12. The Morgan fingerprint density at radius 3 is 2.48 bits per heavy atom. The molecule has 2 aromatic heterocycles. The number of rotatable bonds is 3. The van der Waals surface area contributed by atoms with Crippen LogP contribution in [0.25, 0.3) is 11.2 Å². The van der Waals surface area contributed by atoms with Gasteiger partial charge in [0.25, 0.3) is 5.91 Å². The van der Waals surface area contributed by atoms with Crippen molar-refractivity contribution in [2.45, 2.75) is 52.2 Å². The SMILES string of the molecule is Cn1c(=O)n(CC(C)(C)C)c2ccc(N3CC4CCC3CN4C(=O)c3ccccc3Cl)nc21. The van der Waals surface area contributed by atoms with Crippen LogP contribution in [-0.2, 0) is 13.6 Å². The first-order chi connectivity index (χ1) is 15.6. The van der Waals surface area contributed by atoms with Crippen LogP contribution in [0, 0.1) is 5.41 Å². The summed E-state index contributed by atoms with van der Waals surface area (Å²) >= 11 is 6.29. The molecule has 3 aromatic rings. The molecule has 0 N–H and O–H groups in total. The van der Waals surface area contributed by atoms with Crippen molar-refractivity contribution in [3.05, 3.63) is 57.5 Å². The summed E-state index contributed by atoms with van der Waals surface area (Å²) in [4.78, 5) is 35.3. The van der Waals surface area contributed by atoms with Crippen LogP contribution >= 0.6 is 11.6 Å². The van der Waals surface area contributed by atoms with Crippen LogP contribution in [-0.4, -0.2) is 50.1 Å². The molecule has 6 rings (SSSR count). The smallest absolute Gasteiger partial charge is 0.330 e. The van der Waals surface area contributed by atoms with Crippen LogP contribution in [0.5, 0.6) is 0 Å². The van der Waals surface area contributed by atoms with Crippen molar-refractivity contribution in [2.75, 3.05) is 18.0 Å². The molecule has 0 radical (unpaired) electrons. The lowest BCUT2D eigenvalue weighted by Crippen LogP contribution is -2.64. The Hall–Kier alpha value is -2.80. The van der Waals surface area contributed by atoms with Gasteiger partial charge >= 0.3 is 5.69 Å². The van der Waals surface area contributed by atoms with Crippen molar-refractivity contribution >= 4 is 34.5 Å². The molecule has 0 spiro atoms. The van der Waals surface area contributed by atoms with Crippen molar-refractivity contribution in [3.63, 3.8) is 0 Å². The number of piperidine rings is 2. The molecule has 33 heavy (non-hydrogen) atoms. The number of pyridine rings is 1. The average Bonchev–Trinajstić information content (AvgIpc) is 3.02. The molecule has 1 amide bonds. The molecule has 5 heterocycles. The van der Waals surface area contributed by atoms with E-state index in [4.69, 9.17) is 16.6 Å². The number of aromatic nitrogens is 3. The highest BCUT2D eigenvalue weighted by Crippen LogP contribution is 2.34. The van der Waals surface area contributed by atoms with Crippen molar-refractivity contribution < 1.29 is 4.79 Å². The van der Waals surface area contributed by atoms with E-state index in [0.29, 0.717) is 29.3 Å². The van der Waals surface area contributed by atoms with E-state index in [9.17, 15) is 9.59 Å². The largest absolute Gasteiger partial charge is 0.350 e. The number of amides is 1. The summed E-state index contributed by atoms with van der Waals surface area (Å²) in [7, 11) is 1.78. The molecular formula is C25H30ClN5O2. The quantitative estimate of drug-likeness (QED) is 0.585. The molecule has 2 bridgehead atoms. The molecule has 3 aliphatic heterocycles. The van der Waals surface area contributed by atoms with Crippen LogP contribution in [0.1, 0.15) is 44.0 Å². The molecule has 3 saturated heterocycles. The fourth-order valence-electron chi connectivity index (χ4n) is 5.20. The Morgan fingerprint density at radius 2 is 1.82 bits per heavy atom. The van der Waals surface area contributed by atoms with E-state index >= 15 is 0 Å². The fraction of sp³-hybridized carbons (Fsp3) is 0.480. The Kier molecular flexibility index (Phi) is 5.27. The number of anilines is 1. The highest BCUT2D eigenvalue weighted by atomic mass is 35.5. The molecule has 1 aromatic carbocycles. The van der Waals surface area contributed by atoms with Crippen molar-refractivity contribution in [1.82, 2.24) is 19.0 Å². The van der Waals surface area contributed by atoms with E-state index in [1.807, 2.05) is 33.7 Å². The number of fused-ring (bicyclic) bond motifs is 4. The number of imidazole rings is 1. The number of hydrogen-bond acceptors (Lipinski definition) is 4. The van der Waals surface area contributed by atoms with Crippen LogP contribution in [0.3, 0.4) is 0 Å². The third kappa shape index (κ3) is 3.82. The van der Waals surface area contributed by atoms with Gasteiger partial charge in [-0.3, -0.25) is 13.9 Å². The molecule has 7 nitrogen and oxygen atoms in total. The summed E-state index contributed by atoms with van der Waals surface area (Å²) in [5, 5.41) is 0.494. The van der Waals surface area contributed by atoms with Crippen LogP contribution in [0.15, 0.2) is 41.2 Å². The third-order valence-electron chi connectivity index (χ3n) is 6.79. The Balaban J connectivity index is 1.43. The zero-order valence-electron chi connectivity index (χ0n) is 19.6. The number of aryl methyl sites for hydroxylation is 1. The highest BCUT2D eigenvalue weighted by Gasteiger charge is 2.42. The van der Waals surface area contributed by atoms with Gasteiger partial charge in [-0.15, -0.1) is 0 Å². The normalized spacial score (nSPS) is 20.6. The van der Waals surface area contributed by atoms with Gasteiger partial charge < -0.3 is 9.80 Å². The van der Waals surface area contributed by atoms with Gasteiger partial charge in [0.2, 0.25) is 0 Å². The minimum atomic E-state index is -0.0405. The Labute approximate surface area is 198 Å². The number of carbonyl (C=O) groups excluding carboxylic acids is 1. The number of benzene rings is 1. The van der Waals surface area contributed by atoms with Crippen molar-refractivity contribution in [2.24, 2.45) is 12.5 Å². The van der Waals surface area contributed by atoms with Gasteiger partial charge in [0, 0.05) is 38.8 Å². The maximum atomic E-state index is 13.2. The van der Waals surface area contributed by atoms with Gasteiger partial charge in [-0.1, -0.05) is 44.5 Å². The van der Waals surface area contributed by atoms with Crippen LogP contribution in [0.4, 0.5) is 5.82 Å². The van der Waals surface area contributed by atoms with Crippen molar-refractivity contribution in [3.8, 4) is 0 Å². The van der Waals surface area contributed by atoms with Crippen LogP contribution in [0.2, 0.25) is 5.02 Å². The topological polar surface area (TPSA) is 63.4 Å². The summed E-state index contributed by atoms with van der Waals surface area (Å²) in [6.45, 7) is 8.40. The summed E-state index contributed by atoms with van der Waals surface area (Å²) in [6, 6.07) is 11.6. The zero-order valence-corrected chi connectivity index (χ0v) is 20.3. The molecule has 3 aliphatic rings. The summed E-state index contributed by atoms with van der Waals surface area (Å²) in [6.07, 6.45) is 1.99. The lowest BCUT2D eigenvalue weighted by molar-refractivity contribution is 0.0504. The molecular weight excluding hydrogens is 438 g/mol. The number of hydrogen-bond donors (Lipinski definition) is 0. The number of nitrogens with zero attached hydrogens (tertiary/aromatic N) is 5. The van der Waals surface area contributed by atoms with E-state index in [0.717, 1.165) is 30.7 Å². The zero-order chi connectivity index (χ0) is 23.5. The summed E-state index contributed by atoms with van der Waals surface area (Å²) in [5.74, 6) is 0.866. The molecule has 2 unspecified atom stereocenters. The van der Waals surface area contributed by atoms with Gasteiger partial charge in [0.1, 0.15) is 5.82 Å². The minimum absolute atomic E-state index is 0.0000135. The first-order valence-electron chi connectivity index (χ1n) is 11.5. The van der Waals surface area contributed by atoms with E-state index in [1.165, 1.54) is 0 Å². The second kappa shape index (κ2) is 7.90. The van der Waals surface area contributed by atoms with Gasteiger partial charge in [-0.05, 0) is 42.5 Å². The Bertz CT molecular complexity index is 1290. The first-order valence-corrected chi connectivity index (χ1v) is 11.9. The minimum Gasteiger partial charge on any atom is -0.350 e. The van der Waals surface area contributed by atoms with Crippen molar-refractivity contribution in [1.29, 1.82) is 0 Å². The van der Waals surface area contributed by atoms with E-state index in [1.54, 1.807) is 23.7 Å². The predicted molar refractivity (Wildman–Crippen MR) is 131 cm³/mol. The second-order valence-corrected chi connectivity index (χ2v) is 10.9. The van der Waals surface area contributed by atoms with Crippen LogP contribution < -0.4 is 10.6 Å². The molecule has 0 aliphatic carbocycles. The maximum absolute atomic E-state index is 13.2. The summed E-state index contributed by atoms with van der Waals surface area (Å²) in [5.41, 5.74) is 2.07. The van der Waals surface area contributed by atoms with Gasteiger partial charge in [-0.2, -0.15) is 0 Å². The number of halogens is 1. The summed E-state index contributed by atoms with van der Waals surface area (Å²) < 4.78 is 3.46. The average molecular weight is 468 g/mol. The standard InChI is InChI=1S/C25H30ClN5O2/c1-25(2,3)15-31-20-11-12-21(27-22(20)28(4)24(31)33)29-13-17-10-9-16(29)14-30(17)23(32)18-7-5-6-8-19(18)26/h5-8,11-12,16-17H,9-10,13-15H2,1-4H3. The van der Waals surface area contributed by atoms with Gasteiger partial charge in [0.15, 0.2) is 5.65 Å². The molecule has 3 fully saturated rings. The molecule has 2 atom stereocenters. The fourth-order valence-corrected chi connectivity index (χ4v) is 5.41. The van der Waals surface area contributed by atoms with Gasteiger partial charge in [-0.25, -0.2) is 9.78 Å². The Morgan fingerprint density at radius 1 is 1.09 bits per heavy atom. The number of carbonyl (C=O) groups is 1. The highest BCUT2D eigenvalue weighted by molar-refractivity contribution is 6.33. The predicted octanol–water partition coefficient (Wildman–Crippen LogP) is 3.93. The maximum Gasteiger partial charge on any atom is 0.330 e. The number of piperazine rings is 1. The van der Waals surface area contributed by atoms with Gasteiger partial charge in [0.05, 0.1) is 16.1 Å². The first kappa shape index (κ1) is 22.0. The van der Waals surface area contributed by atoms with E-state index < -0.39 is 0 Å². The van der Waals surface area contributed by atoms with E-state index in [-0.39, 0.29) is 29.1 Å². The second-order valence-electron chi connectivity index (χ2n) is 10.5. The van der Waals surface area contributed by atoms with E-state index in [2.05, 4.69) is 25.7 Å². The lowest BCUT2D eigenvalue weighted by Gasteiger charge is -2.52. The lowest BCUT2D eigenvalue weighted by atomic mass is 9.90.